The van der Waals surface area contributed by atoms with E-state index in [4.69, 9.17) is 4.42 Å². The van der Waals surface area contributed by atoms with Crippen LogP contribution in [0, 0.1) is 12.7 Å². The largest absolute Gasteiger partial charge is 0.504 e. The molecule has 3 aromatic carbocycles. The molecule has 33 heavy (non-hydrogen) atoms. The third-order valence-corrected chi connectivity index (χ3v) is 5.72. The zero-order valence-corrected chi connectivity index (χ0v) is 18.0. The molecule has 1 N–H and O–H groups in total. The standard InChI is InChI=1S/C27H21FN2O3/c1-17-24(23-16-19-10-5-6-13-22(19)33-23)27(32)30(15-14-18-8-3-2-4-9-18)26(29-17)20-11-7-12-21(28)25(20)31/h2-13,16,31H,14-15H2,1H3. The summed E-state index contributed by atoms with van der Waals surface area (Å²) in [5.74, 6) is -0.663. The molecule has 0 amide bonds. The molecular formula is C27H21FN2O3. The van der Waals surface area contributed by atoms with Gasteiger partial charge in [0.15, 0.2) is 11.6 Å². The lowest BCUT2D eigenvalue weighted by Crippen LogP contribution is -2.27. The van der Waals surface area contributed by atoms with Crippen molar-refractivity contribution in [2.24, 2.45) is 0 Å². The number of phenols is 1. The maximum Gasteiger partial charge on any atom is 0.265 e. The van der Waals surface area contributed by atoms with Gasteiger partial charge in [-0.1, -0.05) is 54.6 Å². The Morgan fingerprint density at radius 3 is 2.55 bits per heavy atom. The van der Waals surface area contributed by atoms with Crippen LogP contribution in [-0.2, 0) is 13.0 Å². The van der Waals surface area contributed by atoms with Gasteiger partial charge in [-0.25, -0.2) is 9.37 Å². The molecule has 0 atom stereocenters. The third kappa shape index (κ3) is 3.80. The molecule has 0 radical (unpaired) electrons. The first-order chi connectivity index (χ1) is 16.0. The van der Waals surface area contributed by atoms with Crippen LogP contribution in [0.2, 0.25) is 0 Å². The van der Waals surface area contributed by atoms with Gasteiger partial charge < -0.3 is 9.52 Å². The smallest absolute Gasteiger partial charge is 0.265 e. The SMILES string of the molecule is Cc1nc(-c2cccc(F)c2O)n(CCc2ccccc2)c(=O)c1-c1cc2ccccc2o1. The highest BCUT2D eigenvalue weighted by Crippen LogP contribution is 2.32. The second-order valence-electron chi connectivity index (χ2n) is 7.87. The zero-order valence-electron chi connectivity index (χ0n) is 18.0. The van der Waals surface area contributed by atoms with Crippen molar-refractivity contribution < 1.29 is 13.9 Å². The van der Waals surface area contributed by atoms with Crippen LogP contribution in [0.25, 0.3) is 33.7 Å². The normalized spacial score (nSPS) is 11.2. The Labute approximate surface area is 189 Å². The van der Waals surface area contributed by atoms with E-state index in [1.54, 1.807) is 13.0 Å². The number of rotatable bonds is 5. The second-order valence-corrected chi connectivity index (χ2v) is 7.87. The van der Waals surface area contributed by atoms with Crippen molar-refractivity contribution in [2.45, 2.75) is 19.9 Å². The van der Waals surface area contributed by atoms with Crippen molar-refractivity contribution in [3.63, 3.8) is 0 Å². The number of hydrogen-bond acceptors (Lipinski definition) is 4. The van der Waals surface area contributed by atoms with E-state index in [1.807, 2.05) is 60.7 Å². The number of halogens is 1. The number of benzene rings is 3. The van der Waals surface area contributed by atoms with Gasteiger partial charge in [-0.05, 0) is 43.2 Å². The van der Waals surface area contributed by atoms with Gasteiger partial charge >= 0.3 is 0 Å². The van der Waals surface area contributed by atoms with Crippen molar-refractivity contribution in [3.05, 3.63) is 106 Å². The predicted molar refractivity (Wildman–Crippen MR) is 126 cm³/mol. The van der Waals surface area contributed by atoms with Gasteiger partial charge in [-0.15, -0.1) is 0 Å². The zero-order chi connectivity index (χ0) is 22.9. The molecule has 0 aliphatic heterocycles. The van der Waals surface area contributed by atoms with Gasteiger partial charge in [0.25, 0.3) is 5.56 Å². The fraction of sp³-hybridized carbons (Fsp3) is 0.111. The van der Waals surface area contributed by atoms with E-state index >= 15 is 0 Å². The Kier molecular flexibility index (Phi) is 5.26. The van der Waals surface area contributed by atoms with Crippen LogP contribution in [-0.4, -0.2) is 14.7 Å². The number of furan rings is 1. The van der Waals surface area contributed by atoms with Gasteiger partial charge in [0.05, 0.1) is 11.3 Å². The molecule has 5 nitrogen and oxygen atoms in total. The number of aromatic hydroxyl groups is 1. The van der Waals surface area contributed by atoms with Crippen molar-refractivity contribution in [1.29, 1.82) is 0 Å². The number of nitrogens with zero attached hydrogens (tertiary/aromatic N) is 2. The average molecular weight is 440 g/mol. The predicted octanol–water partition coefficient (Wildman–Crippen LogP) is 5.72. The first-order valence-corrected chi connectivity index (χ1v) is 10.6. The van der Waals surface area contributed by atoms with Crippen LogP contribution >= 0.6 is 0 Å². The number of aromatic nitrogens is 2. The molecule has 0 fully saturated rings. The monoisotopic (exact) mass is 440 g/mol. The Balaban J connectivity index is 1.70. The quantitative estimate of drug-likeness (QED) is 0.380. The molecule has 0 aliphatic carbocycles. The Hall–Kier alpha value is -4.19. The molecular weight excluding hydrogens is 419 g/mol. The average Bonchev–Trinajstić information content (AvgIpc) is 3.24. The molecule has 0 bridgehead atoms. The van der Waals surface area contributed by atoms with Crippen molar-refractivity contribution >= 4 is 11.0 Å². The van der Waals surface area contributed by atoms with Crippen LogP contribution < -0.4 is 5.56 Å². The summed E-state index contributed by atoms with van der Waals surface area (Å²) in [4.78, 5) is 18.4. The highest BCUT2D eigenvalue weighted by Gasteiger charge is 2.22. The van der Waals surface area contributed by atoms with E-state index in [1.165, 1.54) is 16.7 Å². The first-order valence-electron chi connectivity index (χ1n) is 10.6. The molecule has 2 aromatic heterocycles. The van der Waals surface area contributed by atoms with E-state index in [-0.39, 0.29) is 16.9 Å². The molecule has 164 valence electrons. The summed E-state index contributed by atoms with van der Waals surface area (Å²) in [5, 5.41) is 11.3. The number of aryl methyl sites for hydroxylation is 2. The van der Waals surface area contributed by atoms with E-state index in [0.717, 1.165) is 10.9 Å². The Morgan fingerprint density at radius 1 is 1.00 bits per heavy atom. The summed E-state index contributed by atoms with van der Waals surface area (Å²) in [6.07, 6.45) is 0.564. The second kappa shape index (κ2) is 8.39. The summed E-state index contributed by atoms with van der Waals surface area (Å²) in [6, 6.07) is 23.3. The van der Waals surface area contributed by atoms with Gasteiger partial charge in [0.1, 0.15) is 22.7 Å². The van der Waals surface area contributed by atoms with Crippen LogP contribution in [0.4, 0.5) is 4.39 Å². The molecule has 6 heteroatoms. The van der Waals surface area contributed by atoms with Gasteiger partial charge in [0, 0.05) is 11.9 Å². The highest BCUT2D eigenvalue weighted by molar-refractivity contribution is 5.83. The molecule has 0 aliphatic rings. The minimum Gasteiger partial charge on any atom is -0.504 e. The summed E-state index contributed by atoms with van der Waals surface area (Å²) in [7, 11) is 0. The number of para-hydroxylation sites is 2. The fourth-order valence-corrected chi connectivity index (χ4v) is 4.04. The van der Waals surface area contributed by atoms with Crippen molar-refractivity contribution in [3.8, 4) is 28.5 Å². The lowest BCUT2D eigenvalue weighted by atomic mass is 10.1. The van der Waals surface area contributed by atoms with E-state index < -0.39 is 11.6 Å². The molecule has 5 aromatic rings. The van der Waals surface area contributed by atoms with Crippen LogP contribution in [0.1, 0.15) is 11.3 Å². The van der Waals surface area contributed by atoms with Crippen molar-refractivity contribution in [2.75, 3.05) is 0 Å². The van der Waals surface area contributed by atoms with Crippen LogP contribution in [0.3, 0.4) is 0 Å². The number of fused-ring (bicyclic) bond motifs is 1. The summed E-state index contributed by atoms with van der Waals surface area (Å²) in [5.41, 5.74) is 2.36. The van der Waals surface area contributed by atoms with Gasteiger partial charge in [-0.2, -0.15) is 0 Å². The summed E-state index contributed by atoms with van der Waals surface area (Å²) < 4.78 is 21.6. The molecule has 5 rings (SSSR count). The van der Waals surface area contributed by atoms with Crippen LogP contribution in [0.5, 0.6) is 5.75 Å². The minimum atomic E-state index is -0.768. The molecule has 0 spiro atoms. The molecule has 2 heterocycles. The molecule has 0 saturated carbocycles. The number of hydrogen-bond donors (Lipinski definition) is 1. The lowest BCUT2D eigenvalue weighted by Gasteiger charge is -2.16. The molecule has 0 unspecified atom stereocenters. The van der Waals surface area contributed by atoms with E-state index in [2.05, 4.69) is 4.98 Å². The lowest BCUT2D eigenvalue weighted by molar-refractivity contribution is 0.433. The Bertz CT molecular complexity index is 1490. The summed E-state index contributed by atoms with van der Waals surface area (Å²) in [6.45, 7) is 2.01. The van der Waals surface area contributed by atoms with Gasteiger partial charge in [-0.3, -0.25) is 9.36 Å². The minimum absolute atomic E-state index is 0.166. The van der Waals surface area contributed by atoms with Crippen LogP contribution in [0.15, 0.2) is 88.1 Å². The first kappa shape index (κ1) is 20.7. The highest BCUT2D eigenvalue weighted by atomic mass is 19.1. The maximum absolute atomic E-state index is 14.1. The topological polar surface area (TPSA) is 68.3 Å². The fourth-order valence-electron chi connectivity index (χ4n) is 4.04. The van der Waals surface area contributed by atoms with Gasteiger partial charge in [0.2, 0.25) is 0 Å². The third-order valence-electron chi connectivity index (χ3n) is 5.72. The van der Waals surface area contributed by atoms with E-state index in [0.29, 0.717) is 35.6 Å². The van der Waals surface area contributed by atoms with Crippen molar-refractivity contribution in [1.82, 2.24) is 9.55 Å². The van der Waals surface area contributed by atoms with E-state index in [9.17, 15) is 14.3 Å². The molecule has 0 saturated heterocycles. The number of phenolic OH excluding ortho intramolecular Hbond substituents is 1. The Morgan fingerprint density at radius 2 is 1.76 bits per heavy atom. The summed E-state index contributed by atoms with van der Waals surface area (Å²) >= 11 is 0. The maximum atomic E-state index is 14.1.